The lowest BCUT2D eigenvalue weighted by molar-refractivity contribution is 0.915. The van der Waals surface area contributed by atoms with Gasteiger partial charge in [-0.05, 0) is 18.2 Å². The summed E-state index contributed by atoms with van der Waals surface area (Å²) < 4.78 is 0. The van der Waals surface area contributed by atoms with E-state index in [1.807, 2.05) is 66.7 Å². The van der Waals surface area contributed by atoms with Gasteiger partial charge in [0.1, 0.15) is 5.69 Å². The number of benzene rings is 3. The number of aromatic nitrogens is 4. The van der Waals surface area contributed by atoms with Crippen LogP contribution in [0.1, 0.15) is 5.69 Å². The van der Waals surface area contributed by atoms with Gasteiger partial charge >= 0.3 is 0 Å². The summed E-state index contributed by atoms with van der Waals surface area (Å²) in [5.74, 6) is 0.653. The van der Waals surface area contributed by atoms with E-state index in [1.165, 1.54) is 0 Å². The van der Waals surface area contributed by atoms with Crippen molar-refractivity contribution >= 4 is 39.0 Å². The second-order valence-corrected chi connectivity index (χ2v) is 7.28. The van der Waals surface area contributed by atoms with Gasteiger partial charge in [-0.25, -0.2) is 5.10 Å². The highest BCUT2D eigenvalue weighted by Gasteiger charge is 2.12. The Hall–Kier alpha value is -3.77. The van der Waals surface area contributed by atoms with Crippen molar-refractivity contribution in [2.45, 2.75) is 6.54 Å². The summed E-state index contributed by atoms with van der Waals surface area (Å²) in [6.07, 6.45) is 0. The summed E-state index contributed by atoms with van der Waals surface area (Å²) in [6.45, 7) is 0.399. The van der Waals surface area contributed by atoms with E-state index in [-0.39, 0.29) is 5.56 Å². The topological polar surface area (TPSA) is 83.6 Å². The summed E-state index contributed by atoms with van der Waals surface area (Å²) in [6, 6.07) is 22.9. The molecule has 0 bridgehead atoms. The number of anilines is 1. The number of H-pyrrole nitrogens is 1. The third-order valence-electron chi connectivity index (χ3n) is 5.00. The zero-order chi connectivity index (χ0) is 20.5. The molecule has 0 aliphatic rings. The van der Waals surface area contributed by atoms with Gasteiger partial charge in [-0.2, -0.15) is 5.10 Å². The SMILES string of the molecule is O=c1[nH]nc(CNc2nnc(-c3ccc(Cl)cc3)c3ccccc23)c2ccccc12. The molecule has 0 saturated carbocycles. The number of rotatable bonds is 4. The van der Waals surface area contributed by atoms with Gasteiger partial charge < -0.3 is 5.32 Å². The molecule has 146 valence electrons. The number of nitrogens with zero attached hydrogens (tertiary/aromatic N) is 3. The molecule has 3 aromatic carbocycles. The number of hydrogen-bond donors (Lipinski definition) is 2. The van der Waals surface area contributed by atoms with Crippen LogP contribution in [0, 0.1) is 0 Å². The first kappa shape index (κ1) is 18.3. The predicted molar refractivity (Wildman–Crippen MR) is 120 cm³/mol. The van der Waals surface area contributed by atoms with E-state index in [2.05, 4.69) is 25.7 Å². The predicted octanol–water partition coefficient (Wildman–Crippen LogP) is 4.80. The average Bonchev–Trinajstić information content (AvgIpc) is 2.79. The molecule has 30 heavy (non-hydrogen) atoms. The molecule has 0 unspecified atom stereocenters. The Morgan fingerprint density at radius 1 is 0.800 bits per heavy atom. The van der Waals surface area contributed by atoms with Crippen molar-refractivity contribution in [3.8, 4) is 11.3 Å². The molecule has 5 aromatic rings. The molecule has 0 spiro atoms. The monoisotopic (exact) mass is 413 g/mol. The van der Waals surface area contributed by atoms with E-state index >= 15 is 0 Å². The lowest BCUT2D eigenvalue weighted by Gasteiger charge is -2.12. The van der Waals surface area contributed by atoms with Crippen LogP contribution in [0.2, 0.25) is 5.02 Å². The largest absolute Gasteiger partial charge is 0.362 e. The minimum Gasteiger partial charge on any atom is -0.362 e. The number of halogens is 1. The minimum absolute atomic E-state index is 0.202. The van der Waals surface area contributed by atoms with Crippen molar-refractivity contribution in [3.63, 3.8) is 0 Å². The van der Waals surface area contributed by atoms with Crippen molar-refractivity contribution in [2.24, 2.45) is 0 Å². The zero-order valence-corrected chi connectivity index (χ0v) is 16.5. The molecule has 2 aromatic heterocycles. The first-order valence-electron chi connectivity index (χ1n) is 9.42. The highest BCUT2D eigenvalue weighted by Crippen LogP contribution is 2.30. The van der Waals surface area contributed by atoms with E-state index in [0.717, 1.165) is 33.1 Å². The quantitative estimate of drug-likeness (QED) is 0.442. The van der Waals surface area contributed by atoms with Crippen molar-refractivity contribution in [1.29, 1.82) is 0 Å². The highest BCUT2D eigenvalue weighted by molar-refractivity contribution is 6.30. The number of hydrogen-bond acceptors (Lipinski definition) is 5. The molecule has 6 nitrogen and oxygen atoms in total. The van der Waals surface area contributed by atoms with E-state index < -0.39 is 0 Å². The fraction of sp³-hybridized carbons (Fsp3) is 0.0435. The fourth-order valence-electron chi connectivity index (χ4n) is 3.53. The van der Waals surface area contributed by atoms with E-state index in [9.17, 15) is 4.79 Å². The molecule has 0 aliphatic carbocycles. The van der Waals surface area contributed by atoms with E-state index in [4.69, 9.17) is 11.6 Å². The lowest BCUT2D eigenvalue weighted by atomic mass is 10.0. The van der Waals surface area contributed by atoms with Crippen molar-refractivity contribution in [1.82, 2.24) is 20.4 Å². The average molecular weight is 414 g/mol. The summed E-state index contributed by atoms with van der Waals surface area (Å²) in [7, 11) is 0. The second-order valence-electron chi connectivity index (χ2n) is 6.85. The van der Waals surface area contributed by atoms with Crippen LogP contribution in [0.3, 0.4) is 0 Å². The normalized spacial score (nSPS) is 11.1. The number of fused-ring (bicyclic) bond motifs is 2. The Morgan fingerprint density at radius 2 is 1.47 bits per heavy atom. The Kier molecular flexibility index (Phi) is 4.61. The maximum absolute atomic E-state index is 12.0. The molecule has 0 atom stereocenters. The molecule has 0 radical (unpaired) electrons. The summed E-state index contributed by atoms with van der Waals surface area (Å²) in [5.41, 5.74) is 2.27. The van der Waals surface area contributed by atoms with Gasteiger partial charge in [-0.15, -0.1) is 10.2 Å². The Balaban J connectivity index is 1.54. The van der Waals surface area contributed by atoms with E-state index in [1.54, 1.807) is 6.07 Å². The smallest absolute Gasteiger partial charge is 0.272 e. The van der Waals surface area contributed by atoms with Crippen LogP contribution in [0.5, 0.6) is 0 Å². The van der Waals surface area contributed by atoms with Crippen LogP contribution >= 0.6 is 11.6 Å². The number of aromatic amines is 1. The summed E-state index contributed by atoms with van der Waals surface area (Å²) in [5, 5.41) is 23.0. The Labute approximate surface area is 176 Å². The molecular weight excluding hydrogens is 398 g/mol. The van der Waals surface area contributed by atoms with Crippen molar-refractivity contribution in [3.05, 3.63) is 93.9 Å². The molecular formula is C23H16ClN5O. The highest BCUT2D eigenvalue weighted by atomic mass is 35.5. The Morgan fingerprint density at radius 3 is 2.23 bits per heavy atom. The third-order valence-corrected chi connectivity index (χ3v) is 5.26. The summed E-state index contributed by atoms with van der Waals surface area (Å²) in [4.78, 5) is 12.0. The minimum atomic E-state index is -0.202. The van der Waals surface area contributed by atoms with Crippen molar-refractivity contribution in [2.75, 3.05) is 5.32 Å². The van der Waals surface area contributed by atoms with Gasteiger partial charge in [0.2, 0.25) is 0 Å². The van der Waals surface area contributed by atoms with Crippen LogP contribution in [-0.4, -0.2) is 20.4 Å². The zero-order valence-electron chi connectivity index (χ0n) is 15.8. The Bertz CT molecular complexity index is 1430. The summed E-state index contributed by atoms with van der Waals surface area (Å²) >= 11 is 6.02. The molecule has 0 amide bonds. The molecule has 2 N–H and O–H groups in total. The third kappa shape index (κ3) is 3.27. The maximum Gasteiger partial charge on any atom is 0.272 e. The molecule has 0 aliphatic heterocycles. The standard InChI is InChI=1S/C23H16ClN5O/c24-15-11-9-14(10-12-15)21-17-6-2-3-7-18(17)22(28-27-21)25-13-20-16-5-1-4-8-19(16)23(30)29-26-20/h1-12H,13H2,(H,25,28)(H,29,30). The van der Waals surface area contributed by atoms with Crippen LogP contribution in [0.25, 0.3) is 32.8 Å². The van der Waals surface area contributed by atoms with Gasteiger partial charge in [-0.3, -0.25) is 4.79 Å². The fourth-order valence-corrected chi connectivity index (χ4v) is 3.66. The molecule has 0 fully saturated rings. The van der Waals surface area contributed by atoms with Gasteiger partial charge in [0, 0.05) is 26.7 Å². The van der Waals surface area contributed by atoms with Gasteiger partial charge in [0.25, 0.3) is 5.56 Å². The molecule has 2 heterocycles. The number of nitrogens with one attached hydrogen (secondary N) is 2. The maximum atomic E-state index is 12.0. The van der Waals surface area contributed by atoms with Gasteiger partial charge in [0.15, 0.2) is 5.82 Å². The van der Waals surface area contributed by atoms with Gasteiger partial charge in [0.05, 0.1) is 17.6 Å². The molecule has 5 rings (SSSR count). The second kappa shape index (κ2) is 7.57. The first-order valence-corrected chi connectivity index (χ1v) is 9.80. The molecule has 7 heteroatoms. The van der Waals surface area contributed by atoms with Crippen LogP contribution in [-0.2, 0) is 6.54 Å². The van der Waals surface area contributed by atoms with Gasteiger partial charge in [-0.1, -0.05) is 66.2 Å². The van der Waals surface area contributed by atoms with Crippen LogP contribution in [0.15, 0.2) is 77.6 Å². The van der Waals surface area contributed by atoms with Crippen LogP contribution < -0.4 is 10.9 Å². The lowest BCUT2D eigenvalue weighted by Crippen LogP contribution is -2.13. The van der Waals surface area contributed by atoms with Crippen molar-refractivity contribution < 1.29 is 0 Å². The van der Waals surface area contributed by atoms with E-state index in [0.29, 0.717) is 22.8 Å². The van der Waals surface area contributed by atoms with Crippen LogP contribution in [0.4, 0.5) is 5.82 Å². The molecule has 0 saturated heterocycles. The first-order chi connectivity index (χ1) is 14.7.